The number of carbonyl (C=O) groups excluding carboxylic acids is 2. The van der Waals surface area contributed by atoms with Crippen molar-refractivity contribution < 1.29 is 35.9 Å². The van der Waals surface area contributed by atoms with Gasteiger partial charge in [0.15, 0.2) is 0 Å². The second kappa shape index (κ2) is 10.1. The molecule has 212 valence electrons. The minimum absolute atomic E-state index is 0.0131. The second-order valence-corrected chi connectivity index (χ2v) is 10.9. The van der Waals surface area contributed by atoms with Crippen LogP contribution in [0.25, 0.3) is 0 Å². The van der Waals surface area contributed by atoms with E-state index in [1.54, 1.807) is 14.0 Å². The average Bonchev–Trinajstić information content (AvgIpc) is 3.60. The van der Waals surface area contributed by atoms with Gasteiger partial charge in [0.2, 0.25) is 11.8 Å². The molecule has 2 fully saturated rings. The summed E-state index contributed by atoms with van der Waals surface area (Å²) < 4.78 is 80.6. The average molecular weight is 556 g/mol. The maximum atomic E-state index is 13.9. The molecule has 39 heavy (non-hydrogen) atoms. The van der Waals surface area contributed by atoms with Crippen molar-refractivity contribution in [3.8, 4) is 0 Å². The van der Waals surface area contributed by atoms with Crippen molar-refractivity contribution in [2.45, 2.75) is 46.0 Å². The molecule has 1 aliphatic carbocycles. The topological polar surface area (TPSA) is 52.6 Å². The molecule has 1 unspecified atom stereocenters. The third-order valence-electron chi connectivity index (χ3n) is 7.73. The molecular weight excluding hydrogens is 524 g/mol. The van der Waals surface area contributed by atoms with Crippen LogP contribution in [0.3, 0.4) is 0 Å². The van der Waals surface area contributed by atoms with Crippen LogP contribution < -0.4 is 10.2 Å². The predicted molar refractivity (Wildman–Crippen MR) is 135 cm³/mol. The van der Waals surface area contributed by atoms with Crippen molar-refractivity contribution >= 4 is 23.2 Å². The quantitative estimate of drug-likeness (QED) is 0.409. The smallest absolute Gasteiger partial charge is 0.325 e. The lowest BCUT2D eigenvalue weighted by Crippen LogP contribution is -2.50. The van der Waals surface area contributed by atoms with Crippen molar-refractivity contribution in [2.24, 2.45) is 17.3 Å². The van der Waals surface area contributed by atoms with E-state index in [4.69, 9.17) is 0 Å². The molecule has 2 aliphatic rings. The fraction of sp³-hybridized carbons (Fsp3) is 0.500. The molecule has 0 bridgehead atoms. The molecule has 1 N–H and O–H groups in total. The number of aryl methyl sites for hydroxylation is 2. The van der Waals surface area contributed by atoms with Gasteiger partial charge in [-0.25, -0.2) is 0 Å². The molecule has 2 amide bonds. The van der Waals surface area contributed by atoms with Gasteiger partial charge in [-0.2, -0.15) is 26.3 Å². The highest BCUT2D eigenvalue weighted by Gasteiger charge is 2.56. The lowest BCUT2D eigenvalue weighted by atomic mass is 9.77. The molecule has 11 heteroatoms. The molecule has 1 saturated carbocycles. The molecular formula is C28H31F6N3O2. The van der Waals surface area contributed by atoms with Crippen LogP contribution in [-0.4, -0.2) is 43.4 Å². The largest absolute Gasteiger partial charge is 0.416 e. The number of nitrogens with zero attached hydrogens (tertiary/aromatic N) is 2. The van der Waals surface area contributed by atoms with Gasteiger partial charge in [0, 0.05) is 31.0 Å². The van der Waals surface area contributed by atoms with Crippen LogP contribution in [0, 0.1) is 31.1 Å². The minimum Gasteiger partial charge on any atom is -0.325 e. The lowest BCUT2D eigenvalue weighted by molar-refractivity contribution is -0.143. The summed E-state index contributed by atoms with van der Waals surface area (Å²) in [6, 6.07) is 6.49. The summed E-state index contributed by atoms with van der Waals surface area (Å²) in [6.45, 7) is 5.97. The number of nitrogens with one attached hydrogen (secondary N) is 1. The van der Waals surface area contributed by atoms with E-state index in [9.17, 15) is 35.9 Å². The highest BCUT2D eigenvalue weighted by atomic mass is 19.4. The first kappa shape index (κ1) is 28.9. The van der Waals surface area contributed by atoms with Crippen LogP contribution >= 0.6 is 0 Å². The van der Waals surface area contributed by atoms with Crippen LogP contribution in [0.15, 0.2) is 36.4 Å². The Hall–Kier alpha value is -3.08. The Morgan fingerprint density at radius 3 is 2.05 bits per heavy atom. The molecule has 0 aromatic heterocycles. The molecule has 2 aromatic carbocycles. The standard InChI is InChI=1S/C28H31F6N3O2/c1-16-6-5-7-17(2)23(16)37-15-26(18(3)24(37)38,14-36(4)13-19-8-9-19)25(39)35-22-11-20(27(29,30)31)10-21(12-22)28(32,33)34/h5-7,10-12,18-19H,8-9,13-15H2,1-4H3,(H,35,39)/t18?,26-/m1/s1. The third kappa shape index (κ3) is 5.92. The summed E-state index contributed by atoms with van der Waals surface area (Å²) in [7, 11) is 1.80. The molecule has 1 saturated heterocycles. The van der Waals surface area contributed by atoms with Crippen LogP contribution in [-0.2, 0) is 21.9 Å². The number of para-hydroxylation sites is 1. The van der Waals surface area contributed by atoms with Gasteiger partial charge >= 0.3 is 12.4 Å². The van der Waals surface area contributed by atoms with Gasteiger partial charge in [0.1, 0.15) is 0 Å². The fourth-order valence-corrected chi connectivity index (χ4v) is 5.49. The highest BCUT2D eigenvalue weighted by molar-refractivity contribution is 6.08. The summed E-state index contributed by atoms with van der Waals surface area (Å²) in [6.07, 6.45) is -8.04. The van der Waals surface area contributed by atoms with Crippen molar-refractivity contribution in [3.63, 3.8) is 0 Å². The molecule has 2 atom stereocenters. The van der Waals surface area contributed by atoms with Crippen LogP contribution in [0.1, 0.15) is 42.0 Å². The number of alkyl halides is 6. The lowest BCUT2D eigenvalue weighted by Gasteiger charge is -2.35. The number of halogens is 6. The number of amides is 2. The zero-order valence-corrected chi connectivity index (χ0v) is 22.1. The zero-order valence-electron chi connectivity index (χ0n) is 22.1. The van der Waals surface area contributed by atoms with E-state index in [1.165, 1.54) is 4.90 Å². The Balaban J connectivity index is 1.75. The Morgan fingerprint density at radius 2 is 1.56 bits per heavy atom. The van der Waals surface area contributed by atoms with Crippen LogP contribution in [0.5, 0.6) is 0 Å². The predicted octanol–water partition coefficient (Wildman–Crippen LogP) is 6.29. The van der Waals surface area contributed by atoms with Crippen LogP contribution in [0.4, 0.5) is 37.7 Å². The molecule has 1 heterocycles. The molecule has 0 spiro atoms. The molecule has 2 aromatic rings. The van der Waals surface area contributed by atoms with Gasteiger partial charge in [-0.1, -0.05) is 25.1 Å². The van der Waals surface area contributed by atoms with Gasteiger partial charge in [0.25, 0.3) is 0 Å². The summed E-state index contributed by atoms with van der Waals surface area (Å²) in [5, 5.41) is 2.33. The van der Waals surface area contributed by atoms with E-state index in [0.29, 0.717) is 30.3 Å². The number of rotatable bonds is 7. The Bertz CT molecular complexity index is 1220. The number of anilines is 2. The Labute approximate surface area is 223 Å². The minimum atomic E-state index is -5.06. The normalized spacial score (nSPS) is 22.1. The van der Waals surface area contributed by atoms with E-state index < -0.39 is 46.4 Å². The Morgan fingerprint density at radius 1 is 1.03 bits per heavy atom. The summed E-state index contributed by atoms with van der Waals surface area (Å²) >= 11 is 0. The number of carbonyl (C=O) groups is 2. The fourth-order valence-electron chi connectivity index (χ4n) is 5.49. The highest BCUT2D eigenvalue weighted by Crippen LogP contribution is 2.44. The maximum absolute atomic E-state index is 13.9. The van der Waals surface area contributed by atoms with Crippen molar-refractivity contribution in [1.29, 1.82) is 0 Å². The van der Waals surface area contributed by atoms with Gasteiger partial charge in [-0.3, -0.25) is 9.59 Å². The number of hydrogen-bond acceptors (Lipinski definition) is 3. The van der Waals surface area contributed by atoms with E-state index >= 15 is 0 Å². The van der Waals surface area contributed by atoms with Crippen molar-refractivity contribution in [2.75, 3.05) is 36.9 Å². The zero-order chi connectivity index (χ0) is 28.9. The third-order valence-corrected chi connectivity index (χ3v) is 7.73. The van der Waals surface area contributed by atoms with E-state index in [0.717, 1.165) is 24.0 Å². The Kier molecular flexibility index (Phi) is 7.52. The van der Waals surface area contributed by atoms with E-state index in [2.05, 4.69) is 5.32 Å². The van der Waals surface area contributed by atoms with Crippen molar-refractivity contribution in [1.82, 2.24) is 4.90 Å². The second-order valence-electron chi connectivity index (χ2n) is 10.9. The monoisotopic (exact) mass is 555 g/mol. The summed E-state index contributed by atoms with van der Waals surface area (Å²) in [4.78, 5) is 31.0. The first-order chi connectivity index (χ1) is 18.0. The first-order valence-corrected chi connectivity index (χ1v) is 12.7. The molecule has 0 radical (unpaired) electrons. The van der Waals surface area contributed by atoms with Gasteiger partial charge in [0.05, 0.1) is 22.5 Å². The first-order valence-electron chi connectivity index (χ1n) is 12.7. The SMILES string of the molecule is Cc1cccc(C)c1N1C[C@@](CN(C)CC2CC2)(C(=O)Nc2cc(C(F)(F)F)cc(C(F)(F)F)c2)C(C)C1=O. The molecule has 4 rings (SSSR count). The molecule has 5 nitrogen and oxygen atoms in total. The van der Waals surface area contributed by atoms with E-state index in [-0.39, 0.29) is 25.1 Å². The number of hydrogen-bond donors (Lipinski definition) is 1. The van der Waals surface area contributed by atoms with Gasteiger partial charge < -0.3 is 15.1 Å². The summed E-state index contributed by atoms with van der Waals surface area (Å²) in [5.74, 6) is -1.56. The number of benzene rings is 2. The van der Waals surface area contributed by atoms with Gasteiger partial charge in [-0.05, 0) is 69.0 Å². The summed E-state index contributed by atoms with van der Waals surface area (Å²) in [5.41, 5.74) is -2.84. The van der Waals surface area contributed by atoms with Crippen LogP contribution in [0.2, 0.25) is 0 Å². The molecule has 1 aliphatic heterocycles. The van der Waals surface area contributed by atoms with Crippen molar-refractivity contribution in [3.05, 3.63) is 58.7 Å². The van der Waals surface area contributed by atoms with E-state index in [1.807, 2.05) is 36.9 Å². The van der Waals surface area contributed by atoms with Gasteiger partial charge in [-0.15, -0.1) is 0 Å². The maximum Gasteiger partial charge on any atom is 0.416 e.